The summed E-state index contributed by atoms with van der Waals surface area (Å²) in [7, 11) is 0. The minimum absolute atomic E-state index is 0.963. The summed E-state index contributed by atoms with van der Waals surface area (Å²) in [6.07, 6.45) is 2.05. The molecule has 3 heterocycles. The number of nitrogens with zero attached hydrogens (tertiary/aromatic N) is 3. The molecule has 3 nitrogen and oxygen atoms in total. The summed E-state index contributed by atoms with van der Waals surface area (Å²) in [5.74, 6) is 0. The molecule has 0 radical (unpaired) electrons. The molecule has 0 saturated heterocycles. The molecular weight excluding hydrogens is 534 g/mol. The van der Waals surface area contributed by atoms with Crippen molar-refractivity contribution in [3.63, 3.8) is 0 Å². The molecule has 6 aromatic carbocycles. The minimum atomic E-state index is 0.963. The molecule has 3 heteroatoms. The average molecular weight is 562 g/mol. The maximum atomic E-state index is 5.10. The molecule has 0 saturated carbocycles. The second-order valence-electron chi connectivity index (χ2n) is 11.2. The van der Waals surface area contributed by atoms with Crippen molar-refractivity contribution in [1.29, 1.82) is 0 Å². The van der Waals surface area contributed by atoms with Crippen molar-refractivity contribution in [3.05, 3.63) is 164 Å². The lowest BCUT2D eigenvalue weighted by molar-refractivity contribution is 1.17. The maximum absolute atomic E-state index is 5.10. The van der Waals surface area contributed by atoms with Crippen LogP contribution in [0, 0.1) is 0 Å². The first-order valence-electron chi connectivity index (χ1n) is 15.0. The van der Waals surface area contributed by atoms with E-state index in [0.29, 0.717) is 0 Å². The first-order chi connectivity index (χ1) is 21.8. The minimum Gasteiger partial charge on any atom is -0.309 e. The van der Waals surface area contributed by atoms with Crippen molar-refractivity contribution in [1.82, 2.24) is 14.1 Å². The van der Waals surface area contributed by atoms with Gasteiger partial charge >= 0.3 is 0 Å². The molecule has 0 aliphatic rings. The van der Waals surface area contributed by atoms with Gasteiger partial charge in [0.05, 0.1) is 27.8 Å². The van der Waals surface area contributed by atoms with Crippen molar-refractivity contribution in [3.8, 4) is 33.8 Å². The second kappa shape index (κ2) is 9.82. The molecule has 0 unspecified atom stereocenters. The van der Waals surface area contributed by atoms with Gasteiger partial charge < -0.3 is 9.13 Å². The zero-order valence-electron chi connectivity index (χ0n) is 23.9. The van der Waals surface area contributed by atoms with Gasteiger partial charge in [0.1, 0.15) is 0 Å². The zero-order valence-corrected chi connectivity index (χ0v) is 23.9. The van der Waals surface area contributed by atoms with Gasteiger partial charge in [-0.3, -0.25) is 4.98 Å². The predicted octanol–water partition coefficient (Wildman–Crippen LogP) is 10.6. The molecule has 0 atom stereocenters. The Labute approximate surface area is 254 Å². The predicted molar refractivity (Wildman–Crippen MR) is 184 cm³/mol. The van der Waals surface area contributed by atoms with E-state index in [2.05, 4.69) is 167 Å². The largest absolute Gasteiger partial charge is 0.309 e. The quantitative estimate of drug-likeness (QED) is 0.210. The van der Waals surface area contributed by atoms with Crippen molar-refractivity contribution in [2.75, 3.05) is 0 Å². The van der Waals surface area contributed by atoms with E-state index in [4.69, 9.17) is 4.98 Å². The molecule has 0 N–H and O–H groups in total. The Morgan fingerprint density at radius 2 is 0.955 bits per heavy atom. The van der Waals surface area contributed by atoms with Crippen LogP contribution in [-0.4, -0.2) is 14.1 Å². The summed E-state index contributed by atoms with van der Waals surface area (Å²) >= 11 is 0. The number of fused-ring (bicyclic) bond motifs is 6. The number of pyridine rings is 1. The van der Waals surface area contributed by atoms with Crippen LogP contribution in [-0.2, 0) is 0 Å². The SMILES string of the molecule is c1ccc(-c2ccc(-n3c4ccccc4c4c(-c5cc6c(cn5)c5ccccc5n6-c5ccccc5)cccc43)cc2)cc1. The van der Waals surface area contributed by atoms with Crippen LogP contribution in [0.1, 0.15) is 0 Å². The van der Waals surface area contributed by atoms with Crippen LogP contribution in [0.25, 0.3) is 77.4 Å². The van der Waals surface area contributed by atoms with Crippen molar-refractivity contribution < 1.29 is 0 Å². The molecule has 44 heavy (non-hydrogen) atoms. The molecular formula is C41H27N3. The number of hydrogen-bond acceptors (Lipinski definition) is 1. The Hall–Kier alpha value is -5.93. The maximum Gasteiger partial charge on any atom is 0.0730 e. The number of hydrogen-bond donors (Lipinski definition) is 0. The van der Waals surface area contributed by atoms with Gasteiger partial charge in [0.2, 0.25) is 0 Å². The molecule has 0 fully saturated rings. The summed E-state index contributed by atoms with van der Waals surface area (Å²) in [4.78, 5) is 5.10. The Morgan fingerprint density at radius 3 is 1.73 bits per heavy atom. The highest BCUT2D eigenvalue weighted by Gasteiger charge is 2.19. The van der Waals surface area contributed by atoms with E-state index in [9.17, 15) is 0 Å². The lowest BCUT2D eigenvalue weighted by Gasteiger charge is -2.11. The van der Waals surface area contributed by atoms with Crippen LogP contribution < -0.4 is 0 Å². The third kappa shape index (κ3) is 3.73. The molecule has 0 aliphatic carbocycles. The normalized spacial score (nSPS) is 11.6. The highest BCUT2D eigenvalue weighted by Crippen LogP contribution is 2.40. The van der Waals surface area contributed by atoms with E-state index in [1.54, 1.807) is 0 Å². The van der Waals surface area contributed by atoms with Crippen LogP contribution in [0.15, 0.2) is 164 Å². The lowest BCUT2D eigenvalue weighted by Crippen LogP contribution is -1.95. The van der Waals surface area contributed by atoms with Gasteiger partial charge in [-0.2, -0.15) is 0 Å². The molecule has 0 spiro atoms. The Bertz CT molecular complexity index is 2470. The number of rotatable bonds is 4. The Balaban J connectivity index is 1.28. The summed E-state index contributed by atoms with van der Waals surface area (Å²) < 4.78 is 4.73. The topological polar surface area (TPSA) is 22.8 Å². The van der Waals surface area contributed by atoms with Crippen molar-refractivity contribution in [2.45, 2.75) is 0 Å². The van der Waals surface area contributed by atoms with Gasteiger partial charge in [-0.05, 0) is 59.7 Å². The van der Waals surface area contributed by atoms with E-state index >= 15 is 0 Å². The Morgan fingerprint density at radius 1 is 0.386 bits per heavy atom. The fourth-order valence-electron chi connectivity index (χ4n) is 6.81. The van der Waals surface area contributed by atoms with Crippen LogP contribution >= 0.6 is 0 Å². The third-order valence-corrected chi connectivity index (χ3v) is 8.78. The van der Waals surface area contributed by atoms with Gasteiger partial charge in [0.15, 0.2) is 0 Å². The summed E-state index contributed by atoms with van der Waals surface area (Å²) in [5, 5.41) is 4.79. The molecule has 206 valence electrons. The van der Waals surface area contributed by atoms with E-state index < -0.39 is 0 Å². The second-order valence-corrected chi connectivity index (χ2v) is 11.2. The third-order valence-electron chi connectivity index (χ3n) is 8.78. The smallest absolute Gasteiger partial charge is 0.0730 e. The van der Waals surface area contributed by atoms with Crippen LogP contribution in [0.2, 0.25) is 0 Å². The molecule has 0 aliphatic heterocycles. The van der Waals surface area contributed by atoms with Crippen LogP contribution in [0.3, 0.4) is 0 Å². The fourth-order valence-corrected chi connectivity index (χ4v) is 6.81. The van der Waals surface area contributed by atoms with E-state index in [0.717, 1.165) is 33.5 Å². The number of benzene rings is 6. The molecule has 9 aromatic rings. The van der Waals surface area contributed by atoms with Gasteiger partial charge in [-0.25, -0.2) is 0 Å². The summed E-state index contributed by atoms with van der Waals surface area (Å²) in [6.45, 7) is 0. The zero-order chi connectivity index (χ0) is 29.0. The van der Waals surface area contributed by atoms with E-state index in [1.807, 2.05) is 6.20 Å². The monoisotopic (exact) mass is 561 g/mol. The fraction of sp³-hybridized carbons (Fsp3) is 0. The molecule has 0 amide bonds. The number of para-hydroxylation sites is 3. The van der Waals surface area contributed by atoms with Gasteiger partial charge in [-0.1, -0.05) is 109 Å². The average Bonchev–Trinajstić information content (AvgIpc) is 3.62. The van der Waals surface area contributed by atoms with Gasteiger partial charge in [0.25, 0.3) is 0 Å². The summed E-state index contributed by atoms with van der Waals surface area (Å²) in [6, 6.07) is 56.2. The summed E-state index contributed by atoms with van der Waals surface area (Å²) in [5.41, 5.74) is 11.5. The van der Waals surface area contributed by atoms with Crippen molar-refractivity contribution >= 4 is 43.6 Å². The van der Waals surface area contributed by atoms with Crippen LogP contribution in [0.5, 0.6) is 0 Å². The molecule has 9 rings (SSSR count). The van der Waals surface area contributed by atoms with E-state index in [1.165, 1.54) is 43.8 Å². The highest BCUT2D eigenvalue weighted by molar-refractivity contribution is 6.16. The molecule has 0 bridgehead atoms. The van der Waals surface area contributed by atoms with E-state index in [-0.39, 0.29) is 0 Å². The highest BCUT2D eigenvalue weighted by atomic mass is 15.0. The van der Waals surface area contributed by atoms with Crippen LogP contribution in [0.4, 0.5) is 0 Å². The number of aromatic nitrogens is 3. The first kappa shape index (κ1) is 24.6. The van der Waals surface area contributed by atoms with Gasteiger partial charge in [0, 0.05) is 44.7 Å². The lowest BCUT2D eigenvalue weighted by atomic mass is 10.0. The van der Waals surface area contributed by atoms with Gasteiger partial charge in [-0.15, -0.1) is 0 Å². The Kier molecular flexibility index (Phi) is 5.50. The first-order valence-corrected chi connectivity index (χ1v) is 15.0. The molecule has 3 aromatic heterocycles. The standard InChI is InChI=1S/C41H27N3/c1-3-12-28(13-4-1)29-22-24-31(25-23-29)43-38-20-10-8-17-34(38)41-33(18-11-21-39(41)43)36-26-40-35(27-42-36)32-16-7-9-19-37(32)44(40)30-14-5-2-6-15-30/h1-27H. The van der Waals surface area contributed by atoms with Crippen molar-refractivity contribution in [2.24, 2.45) is 0 Å².